The van der Waals surface area contributed by atoms with E-state index in [1.165, 1.54) is 0 Å². The van der Waals surface area contributed by atoms with E-state index in [1.54, 1.807) is 5.73 Å². The van der Waals surface area contributed by atoms with Crippen LogP contribution in [0.1, 0.15) is 0 Å². The molecule has 0 aromatic heterocycles. The van der Waals surface area contributed by atoms with Gasteiger partial charge in [-0.1, -0.05) is 0 Å². The van der Waals surface area contributed by atoms with Gasteiger partial charge in [0, 0.05) is 0 Å². The first-order valence-electron chi connectivity index (χ1n) is 4.33. The van der Waals surface area contributed by atoms with Crippen molar-refractivity contribution in [3.05, 3.63) is 0 Å². The van der Waals surface area contributed by atoms with Crippen LogP contribution in [0.4, 0.5) is 0 Å². The van der Waals surface area contributed by atoms with E-state index in [4.69, 9.17) is 11.6 Å². The van der Waals surface area contributed by atoms with E-state index in [0.717, 1.165) is 0 Å². The summed E-state index contributed by atoms with van der Waals surface area (Å²) < 4.78 is 11.0. The van der Waals surface area contributed by atoms with Crippen molar-refractivity contribution in [2.45, 2.75) is 18.3 Å². The number of ether oxygens (including phenoxy) is 1. The molecule has 0 saturated carbocycles. The maximum absolute atomic E-state index is 10.8. The predicted octanol–water partition coefficient (Wildman–Crippen LogP) is -3.23. The minimum atomic E-state index is -1.74. The van der Waals surface area contributed by atoms with Crippen LogP contribution in [0.3, 0.4) is 0 Å². The van der Waals surface area contributed by atoms with Crippen LogP contribution in [0.5, 0.6) is 0 Å². The number of nitrogens with two attached hydrogens (primary N) is 1. The van der Waals surface area contributed by atoms with E-state index >= 15 is 0 Å². The van der Waals surface area contributed by atoms with Gasteiger partial charge in [0.15, 0.2) is 12.4 Å². The number of hydrogen-bond donors (Lipinski definition) is 4. The zero-order valence-electron chi connectivity index (χ0n) is 8.29. The molecule has 0 fully saturated rings. The smallest absolute Gasteiger partial charge is 0.320 e. The molecule has 0 amide bonds. The lowest BCUT2D eigenvalue weighted by Gasteiger charge is -2.22. The van der Waals surface area contributed by atoms with Crippen LogP contribution in [-0.2, 0) is 14.3 Å². The van der Waals surface area contributed by atoms with E-state index in [1.807, 2.05) is 0 Å². The molecule has 0 radical (unpaired) electrons. The highest BCUT2D eigenvalue weighted by molar-refractivity contribution is 5.71. The Morgan fingerprint density at radius 3 is 2.71 bits per heavy atom. The van der Waals surface area contributed by atoms with Crippen molar-refractivity contribution in [2.75, 3.05) is 13.2 Å². The molecule has 3 atom stereocenters. The fraction of sp³-hybridized carbons (Fsp3) is 0.714. The maximum Gasteiger partial charge on any atom is 0.320 e. The van der Waals surface area contributed by atoms with Crippen LogP contribution in [0.2, 0.25) is 1.41 Å². The van der Waals surface area contributed by atoms with E-state index < -0.39 is 37.4 Å². The number of rotatable bonds is 7. The Balaban J connectivity index is 4.22. The summed E-state index contributed by atoms with van der Waals surface area (Å²) in [5.74, 6) is -0.888. The number of aliphatic hydroxyl groups is 3. The lowest BCUT2D eigenvalue weighted by atomic mass is 10.1. The summed E-state index contributed by atoms with van der Waals surface area (Å²) in [5.41, 5.74) is 1.76. The highest BCUT2D eigenvalue weighted by Crippen LogP contribution is 2.03. The monoisotopic (exact) mass is 208 g/mol. The summed E-state index contributed by atoms with van der Waals surface area (Å²) >= 11 is 0. The quantitative estimate of drug-likeness (QED) is 0.255. The minimum absolute atomic E-state index is 0.0594. The second kappa shape index (κ2) is 6.44. The normalized spacial score (nSPS) is 17.8. The van der Waals surface area contributed by atoms with Gasteiger partial charge in [-0.15, -0.1) is 0 Å². The number of carbonyl (C=O) groups excluding carboxylic acids is 2. The Labute approximate surface area is 81.6 Å². The van der Waals surface area contributed by atoms with Gasteiger partial charge >= 0.3 is 5.97 Å². The van der Waals surface area contributed by atoms with Gasteiger partial charge in [-0.2, -0.15) is 0 Å². The van der Waals surface area contributed by atoms with E-state index in [9.17, 15) is 14.7 Å². The average molecular weight is 208 g/mol. The number of aldehydes is 1. The van der Waals surface area contributed by atoms with Gasteiger partial charge in [0.05, 0.1) is 13.2 Å². The molecule has 5 N–H and O–H groups in total. The Bertz CT molecular complexity index is 214. The van der Waals surface area contributed by atoms with E-state index in [2.05, 4.69) is 4.74 Å². The molecule has 0 aliphatic heterocycles. The first-order valence-corrected chi connectivity index (χ1v) is 3.83. The molecule has 0 unspecified atom stereocenters. The standard InChI is InChI=1S/C7H13NO6/c8-1-6(12)14-5(3-10)7(13)4(11)2-9/h2,4-5,7,10-11,13H,1,3,8H2/t4-,5-,7+/m1/s1/i/hD. The van der Waals surface area contributed by atoms with Gasteiger partial charge in [-0.3, -0.25) is 4.79 Å². The molecule has 0 aromatic carbocycles. The van der Waals surface area contributed by atoms with Gasteiger partial charge < -0.3 is 30.6 Å². The molecule has 0 rings (SSSR count). The molecule has 7 heteroatoms. The van der Waals surface area contributed by atoms with Gasteiger partial charge in [-0.25, -0.2) is 0 Å². The molecule has 82 valence electrons. The summed E-state index contributed by atoms with van der Waals surface area (Å²) in [4.78, 5) is 20.9. The molecule has 0 spiro atoms. The summed E-state index contributed by atoms with van der Waals surface area (Å²) in [5, 5.41) is 26.8. The third-order valence-corrected chi connectivity index (χ3v) is 1.48. The van der Waals surface area contributed by atoms with Gasteiger partial charge in [0.1, 0.15) is 13.6 Å². The van der Waals surface area contributed by atoms with Crippen molar-refractivity contribution < 1.29 is 31.1 Å². The third kappa shape index (κ3) is 3.79. The van der Waals surface area contributed by atoms with Crippen LogP contribution in [0, 0.1) is 0 Å². The number of esters is 1. The molecular weight excluding hydrogens is 194 g/mol. The Morgan fingerprint density at radius 1 is 1.64 bits per heavy atom. The fourth-order valence-corrected chi connectivity index (χ4v) is 0.726. The Morgan fingerprint density at radius 2 is 2.29 bits per heavy atom. The molecule has 0 aliphatic carbocycles. The van der Waals surface area contributed by atoms with Crippen molar-refractivity contribution in [2.24, 2.45) is 5.73 Å². The first-order chi connectivity index (χ1) is 7.06. The summed E-state index contributed by atoms with van der Waals surface area (Å²) in [6.45, 7) is -1.17. The van der Waals surface area contributed by atoms with Crippen LogP contribution >= 0.6 is 0 Å². The highest BCUT2D eigenvalue weighted by Gasteiger charge is 2.28. The minimum Gasteiger partial charge on any atom is -0.456 e. The van der Waals surface area contributed by atoms with Gasteiger partial charge in [-0.05, 0) is 0 Å². The van der Waals surface area contributed by atoms with Crippen LogP contribution in [-0.4, -0.2) is 59.0 Å². The van der Waals surface area contributed by atoms with Crippen LogP contribution < -0.4 is 5.73 Å². The van der Waals surface area contributed by atoms with Crippen molar-refractivity contribution in [3.8, 4) is 0 Å². The first kappa shape index (κ1) is 11.1. The van der Waals surface area contributed by atoms with E-state index in [0.29, 0.717) is 0 Å². The number of aliphatic hydroxyl groups excluding tert-OH is 3. The largest absolute Gasteiger partial charge is 0.456 e. The molecule has 0 bridgehead atoms. The topological polar surface area (TPSA) is 130 Å². The summed E-state index contributed by atoms with van der Waals surface area (Å²) in [6, 6.07) is 0. The Hall–Kier alpha value is -1.02. The summed E-state index contributed by atoms with van der Waals surface area (Å²) in [6.07, 6.45) is -4.77. The zero-order valence-corrected chi connectivity index (χ0v) is 7.29. The second-order valence-corrected chi connectivity index (χ2v) is 2.50. The Kier molecular flexibility index (Phi) is 5.08. The van der Waals surface area contributed by atoms with E-state index in [-0.39, 0.29) is 6.29 Å². The van der Waals surface area contributed by atoms with Crippen LogP contribution in [0.15, 0.2) is 0 Å². The predicted molar refractivity (Wildman–Crippen MR) is 44.1 cm³/mol. The molecule has 7 nitrogen and oxygen atoms in total. The fourth-order valence-electron chi connectivity index (χ4n) is 0.726. The molecular formula is C7H13NO6. The molecule has 14 heavy (non-hydrogen) atoms. The second-order valence-electron chi connectivity index (χ2n) is 2.50. The van der Waals surface area contributed by atoms with Gasteiger partial charge in [0.25, 0.3) is 0 Å². The summed E-state index contributed by atoms with van der Waals surface area (Å²) in [7, 11) is 0. The SMILES string of the molecule is [2H]NCC(=O)O[C@H](CO)[C@@H](O)[C@H](O)C=O. The van der Waals surface area contributed by atoms with Crippen molar-refractivity contribution in [1.29, 1.82) is 0 Å². The lowest BCUT2D eigenvalue weighted by molar-refractivity contribution is -0.163. The molecule has 0 heterocycles. The number of hydrogen-bond acceptors (Lipinski definition) is 7. The van der Waals surface area contributed by atoms with Crippen molar-refractivity contribution >= 4 is 12.3 Å². The van der Waals surface area contributed by atoms with Crippen molar-refractivity contribution in [3.63, 3.8) is 0 Å². The zero-order chi connectivity index (χ0) is 11.8. The maximum atomic E-state index is 10.8. The molecule has 0 aliphatic rings. The van der Waals surface area contributed by atoms with Crippen molar-refractivity contribution in [1.82, 2.24) is 0 Å². The van der Waals surface area contributed by atoms with Crippen LogP contribution in [0.25, 0.3) is 0 Å². The average Bonchev–Trinajstić information content (AvgIpc) is 2.24. The highest BCUT2D eigenvalue weighted by atomic mass is 16.6. The molecule has 0 saturated heterocycles. The third-order valence-electron chi connectivity index (χ3n) is 1.48. The molecule has 0 aromatic rings. The number of carbonyl (C=O) groups is 2. The van der Waals surface area contributed by atoms with Gasteiger partial charge in [0.2, 0.25) is 0 Å². The lowest BCUT2D eigenvalue weighted by Crippen LogP contribution is -2.44.